The lowest BCUT2D eigenvalue weighted by Crippen LogP contribution is -2.15. The average Bonchev–Trinajstić information content (AvgIpc) is 2.94. The zero-order valence-electron chi connectivity index (χ0n) is 12.2. The molecule has 2 heterocycles. The number of thiazole rings is 1. The number of nitrogens with one attached hydrogen (secondary N) is 1. The van der Waals surface area contributed by atoms with Crippen LogP contribution in [0.3, 0.4) is 0 Å². The molecular formula is C17H14N2O3S. The highest BCUT2D eigenvalue weighted by Crippen LogP contribution is 2.37. The monoisotopic (exact) mass is 326 g/mol. The Kier molecular flexibility index (Phi) is 3.59. The van der Waals surface area contributed by atoms with E-state index < -0.39 is 0 Å². The van der Waals surface area contributed by atoms with E-state index in [2.05, 4.69) is 10.3 Å². The summed E-state index contributed by atoms with van der Waals surface area (Å²) in [6, 6.07) is 13.4. The van der Waals surface area contributed by atoms with E-state index in [1.165, 1.54) is 11.3 Å². The third kappa shape index (κ3) is 2.98. The number of rotatable bonds is 3. The Morgan fingerprint density at radius 3 is 2.65 bits per heavy atom. The lowest BCUT2D eigenvalue weighted by Gasteiger charge is -2.17. The highest BCUT2D eigenvalue weighted by molar-refractivity contribution is 7.22. The predicted molar refractivity (Wildman–Crippen MR) is 89.4 cm³/mol. The number of carbonyl (C=O) groups excluding carboxylic acids is 1. The number of benzene rings is 2. The van der Waals surface area contributed by atoms with E-state index in [-0.39, 0.29) is 5.91 Å². The van der Waals surface area contributed by atoms with Gasteiger partial charge in [-0.25, -0.2) is 4.98 Å². The van der Waals surface area contributed by atoms with E-state index in [9.17, 15) is 4.79 Å². The molecule has 23 heavy (non-hydrogen) atoms. The van der Waals surface area contributed by atoms with Crippen LogP contribution in [-0.4, -0.2) is 24.1 Å². The molecule has 5 nitrogen and oxygen atoms in total. The fourth-order valence-electron chi connectivity index (χ4n) is 2.46. The molecule has 1 aliphatic rings. The maximum Gasteiger partial charge on any atom is 0.230 e. The molecule has 0 bridgehead atoms. The van der Waals surface area contributed by atoms with E-state index in [1.807, 2.05) is 42.5 Å². The van der Waals surface area contributed by atoms with E-state index in [4.69, 9.17) is 9.47 Å². The lowest BCUT2D eigenvalue weighted by atomic mass is 10.1. The Balaban J connectivity index is 1.54. The first-order valence-electron chi connectivity index (χ1n) is 7.32. The van der Waals surface area contributed by atoms with Gasteiger partial charge in [-0.1, -0.05) is 41.7 Å². The Hall–Kier alpha value is -2.60. The van der Waals surface area contributed by atoms with Gasteiger partial charge in [0.15, 0.2) is 16.6 Å². The molecule has 116 valence electrons. The molecule has 1 N–H and O–H groups in total. The van der Waals surface area contributed by atoms with Crippen LogP contribution in [0.25, 0.3) is 10.2 Å². The van der Waals surface area contributed by atoms with Crippen molar-refractivity contribution < 1.29 is 14.3 Å². The van der Waals surface area contributed by atoms with Gasteiger partial charge in [0.1, 0.15) is 13.2 Å². The van der Waals surface area contributed by atoms with Crippen LogP contribution >= 0.6 is 11.3 Å². The Bertz CT molecular complexity index is 818. The molecule has 0 saturated heterocycles. The number of aromatic nitrogens is 1. The van der Waals surface area contributed by atoms with Crippen molar-refractivity contribution in [3.63, 3.8) is 0 Å². The Labute approximate surface area is 136 Å². The highest BCUT2D eigenvalue weighted by atomic mass is 32.1. The summed E-state index contributed by atoms with van der Waals surface area (Å²) >= 11 is 1.43. The summed E-state index contributed by atoms with van der Waals surface area (Å²) in [5, 5.41) is 3.44. The third-order valence-electron chi connectivity index (χ3n) is 3.51. The van der Waals surface area contributed by atoms with Crippen molar-refractivity contribution in [1.82, 2.24) is 4.98 Å². The second-order valence-electron chi connectivity index (χ2n) is 5.19. The largest absolute Gasteiger partial charge is 0.486 e. The van der Waals surface area contributed by atoms with Gasteiger partial charge in [0, 0.05) is 12.1 Å². The highest BCUT2D eigenvalue weighted by Gasteiger charge is 2.16. The number of hydrogen-bond donors (Lipinski definition) is 1. The molecule has 0 saturated carbocycles. The number of fused-ring (bicyclic) bond motifs is 2. The lowest BCUT2D eigenvalue weighted by molar-refractivity contribution is -0.115. The van der Waals surface area contributed by atoms with E-state index in [0.717, 1.165) is 21.5 Å². The first kappa shape index (κ1) is 14.0. The molecular weight excluding hydrogens is 312 g/mol. The van der Waals surface area contributed by atoms with Crippen LogP contribution in [0.4, 0.5) is 5.13 Å². The second kappa shape index (κ2) is 5.89. The molecule has 0 fully saturated rings. The van der Waals surface area contributed by atoms with Gasteiger partial charge in [-0.2, -0.15) is 0 Å². The van der Waals surface area contributed by atoms with E-state index in [1.54, 1.807) is 0 Å². The van der Waals surface area contributed by atoms with Gasteiger partial charge < -0.3 is 14.8 Å². The minimum atomic E-state index is -0.0764. The van der Waals surface area contributed by atoms with Crippen LogP contribution in [0, 0.1) is 0 Å². The van der Waals surface area contributed by atoms with Crippen molar-refractivity contribution in [2.24, 2.45) is 0 Å². The number of nitrogens with zero attached hydrogens (tertiary/aromatic N) is 1. The van der Waals surface area contributed by atoms with Crippen LogP contribution < -0.4 is 14.8 Å². The molecule has 0 radical (unpaired) electrons. The summed E-state index contributed by atoms with van der Waals surface area (Å²) in [4.78, 5) is 16.6. The molecule has 1 aliphatic heterocycles. The fraction of sp³-hybridized carbons (Fsp3) is 0.176. The Morgan fingerprint density at radius 2 is 1.87 bits per heavy atom. The normalized spacial score (nSPS) is 13.0. The van der Waals surface area contributed by atoms with Gasteiger partial charge in [-0.15, -0.1) is 0 Å². The van der Waals surface area contributed by atoms with Crippen molar-refractivity contribution in [2.45, 2.75) is 6.42 Å². The first-order chi connectivity index (χ1) is 11.3. The SMILES string of the molecule is O=C(Cc1ccccc1)Nc1nc2cc3c(cc2s1)OCCO3. The number of hydrogen-bond acceptors (Lipinski definition) is 5. The Morgan fingerprint density at radius 1 is 1.13 bits per heavy atom. The fourth-order valence-corrected chi connectivity index (χ4v) is 3.36. The van der Waals surface area contributed by atoms with Crippen LogP contribution in [0.2, 0.25) is 0 Å². The maximum absolute atomic E-state index is 12.1. The minimum absolute atomic E-state index is 0.0764. The van der Waals surface area contributed by atoms with Gasteiger partial charge in [-0.3, -0.25) is 4.79 Å². The number of carbonyl (C=O) groups is 1. The van der Waals surface area contributed by atoms with Gasteiger partial charge in [0.05, 0.1) is 16.6 Å². The zero-order chi connectivity index (χ0) is 15.6. The molecule has 6 heteroatoms. The molecule has 1 amide bonds. The predicted octanol–water partition coefficient (Wildman–Crippen LogP) is 3.25. The summed E-state index contributed by atoms with van der Waals surface area (Å²) in [6.45, 7) is 1.10. The number of ether oxygens (including phenoxy) is 2. The number of anilines is 1. The summed E-state index contributed by atoms with van der Waals surface area (Å²) < 4.78 is 12.1. The molecule has 4 rings (SSSR count). The van der Waals surface area contributed by atoms with Gasteiger partial charge in [-0.05, 0) is 5.56 Å². The zero-order valence-corrected chi connectivity index (χ0v) is 13.1. The van der Waals surface area contributed by atoms with Crippen molar-refractivity contribution in [1.29, 1.82) is 0 Å². The number of amides is 1. The molecule has 1 aromatic heterocycles. The van der Waals surface area contributed by atoms with E-state index in [0.29, 0.717) is 30.5 Å². The first-order valence-corrected chi connectivity index (χ1v) is 8.13. The average molecular weight is 326 g/mol. The van der Waals surface area contributed by atoms with Gasteiger partial charge in [0.2, 0.25) is 5.91 Å². The van der Waals surface area contributed by atoms with Gasteiger partial charge in [0.25, 0.3) is 0 Å². The second-order valence-corrected chi connectivity index (χ2v) is 6.22. The van der Waals surface area contributed by atoms with E-state index >= 15 is 0 Å². The third-order valence-corrected chi connectivity index (χ3v) is 4.44. The summed E-state index contributed by atoms with van der Waals surface area (Å²) in [5.74, 6) is 1.36. The van der Waals surface area contributed by atoms with Crippen molar-refractivity contribution in [2.75, 3.05) is 18.5 Å². The minimum Gasteiger partial charge on any atom is -0.486 e. The molecule has 3 aromatic rings. The molecule has 0 aliphatic carbocycles. The molecule has 0 unspecified atom stereocenters. The van der Waals surface area contributed by atoms with Crippen molar-refractivity contribution in [3.05, 3.63) is 48.0 Å². The topological polar surface area (TPSA) is 60.5 Å². The molecule has 0 atom stereocenters. The summed E-state index contributed by atoms with van der Waals surface area (Å²) in [7, 11) is 0. The summed E-state index contributed by atoms with van der Waals surface area (Å²) in [5.41, 5.74) is 1.78. The van der Waals surface area contributed by atoms with Crippen molar-refractivity contribution in [3.8, 4) is 11.5 Å². The van der Waals surface area contributed by atoms with Gasteiger partial charge >= 0.3 is 0 Å². The van der Waals surface area contributed by atoms with Crippen LogP contribution in [0.15, 0.2) is 42.5 Å². The van der Waals surface area contributed by atoms with Crippen LogP contribution in [0.1, 0.15) is 5.56 Å². The molecule has 0 spiro atoms. The standard InChI is InChI=1S/C17H14N2O3S/c20-16(8-11-4-2-1-3-5-11)19-17-18-12-9-13-14(10-15(12)23-17)22-7-6-21-13/h1-5,9-10H,6-8H2,(H,18,19,20). The molecule has 2 aromatic carbocycles. The van der Waals surface area contributed by atoms with Crippen molar-refractivity contribution >= 4 is 32.6 Å². The smallest absolute Gasteiger partial charge is 0.230 e. The maximum atomic E-state index is 12.1. The van der Waals surface area contributed by atoms with Crippen LogP contribution in [-0.2, 0) is 11.2 Å². The van der Waals surface area contributed by atoms with Crippen LogP contribution in [0.5, 0.6) is 11.5 Å². The summed E-state index contributed by atoms with van der Waals surface area (Å²) in [6.07, 6.45) is 0.333. The quantitative estimate of drug-likeness (QED) is 0.802.